The number of sulfonamides is 1. The van der Waals surface area contributed by atoms with E-state index in [-0.39, 0.29) is 24.4 Å². The van der Waals surface area contributed by atoms with Gasteiger partial charge in [-0.05, 0) is 19.3 Å². The number of nitrogens with one attached hydrogen (secondary N) is 2. The Morgan fingerprint density at radius 3 is 2.95 bits per heavy atom. The van der Waals surface area contributed by atoms with Crippen LogP contribution in [0.1, 0.15) is 19.3 Å². The van der Waals surface area contributed by atoms with Crippen molar-refractivity contribution >= 4 is 16.0 Å². The SMILES string of the molecule is COCCN=C(N)NCCS(=O)(=O)NCC1CCCCO1. The van der Waals surface area contributed by atoms with E-state index in [1.165, 1.54) is 0 Å². The maximum atomic E-state index is 11.8. The molecule has 124 valence electrons. The highest BCUT2D eigenvalue weighted by Crippen LogP contribution is 2.11. The lowest BCUT2D eigenvalue weighted by atomic mass is 10.1. The zero-order valence-electron chi connectivity index (χ0n) is 12.5. The molecule has 1 aliphatic heterocycles. The molecule has 1 rings (SSSR count). The van der Waals surface area contributed by atoms with Crippen molar-refractivity contribution in [3.8, 4) is 0 Å². The van der Waals surface area contributed by atoms with Crippen LogP contribution in [-0.2, 0) is 19.5 Å². The fourth-order valence-corrected chi connectivity index (χ4v) is 2.84. The number of hydrogen-bond donors (Lipinski definition) is 3. The van der Waals surface area contributed by atoms with Crippen LogP contribution in [0.25, 0.3) is 0 Å². The number of ether oxygens (including phenoxy) is 2. The molecule has 0 amide bonds. The first-order chi connectivity index (χ1) is 10.0. The Labute approximate surface area is 126 Å². The number of hydrogen-bond acceptors (Lipinski definition) is 5. The van der Waals surface area contributed by atoms with Gasteiger partial charge in [0.15, 0.2) is 5.96 Å². The van der Waals surface area contributed by atoms with Gasteiger partial charge in [-0.3, -0.25) is 4.99 Å². The lowest BCUT2D eigenvalue weighted by molar-refractivity contribution is 0.0200. The van der Waals surface area contributed by atoms with Crippen LogP contribution in [0.2, 0.25) is 0 Å². The largest absolute Gasteiger partial charge is 0.383 e. The van der Waals surface area contributed by atoms with E-state index in [2.05, 4.69) is 15.0 Å². The summed E-state index contributed by atoms with van der Waals surface area (Å²) < 4.78 is 36.5. The summed E-state index contributed by atoms with van der Waals surface area (Å²) in [6.07, 6.45) is 3.03. The van der Waals surface area contributed by atoms with E-state index in [1.807, 2.05) is 0 Å². The third-order valence-electron chi connectivity index (χ3n) is 3.06. The number of nitrogens with two attached hydrogens (primary N) is 1. The zero-order valence-corrected chi connectivity index (χ0v) is 13.3. The van der Waals surface area contributed by atoms with Crippen molar-refractivity contribution in [1.29, 1.82) is 0 Å². The molecule has 0 aromatic heterocycles. The van der Waals surface area contributed by atoms with E-state index in [0.717, 1.165) is 19.3 Å². The summed E-state index contributed by atoms with van der Waals surface area (Å²) >= 11 is 0. The van der Waals surface area contributed by atoms with Gasteiger partial charge in [0, 0.05) is 26.8 Å². The second-order valence-corrected chi connectivity index (χ2v) is 6.77. The van der Waals surface area contributed by atoms with Gasteiger partial charge in [0.05, 0.1) is 25.0 Å². The Morgan fingerprint density at radius 2 is 2.29 bits per heavy atom. The van der Waals surface area contributed by atoms with Crippen LogP contribution in [0.3, 0.4) is 0 Å². The molecule has 0 bridgehead atoms. The van der Waals surface area contributed by atoms with Crippen molar-refractivity contribution in [2.75, 3.05) is 45.7 Å². The maximum absolute atomic E-state index is 11.8. The highest BCUT2D eigenvalue weighted by molar-refractivity contribution is 7.89. The highest BCUT2D eigenvalue weighted by Gasteiger charge is 2.17. The average Bonchev–Trinajstić information content (AvgIpc) is 2.46. The van der Waals surface area contributed by atoms with Gasteiger partial charge in [0.25, 0.3) is 0 Å². The maximum Gasteiger partial charge on any atom is 0.213 e. The Kier molecular flexibility index (Phi) is 8.58. The molecule has 1 aliphatic rings. The summed E-state index contributed by atoms with van der Waals surface area (Å²) in [5, 5.41) is 2.76. The fourth-order valence-electron chi connectivity index (χ4n) is 1.89. The minimum atomic E-state index is -3.33. The third kappa shape index (κ3) is 8.86. The van der Waals surface area contributed by atoms with Crippen LogP contribution in [0.15, 0.2) is 4.99 Å². The summed E-state index contributed by atoms with van der Waals surface area (Å²) in [4.78, 5) is 3.98. The van der Waals surface area contributed by atoms with Gasteiger partial charge in [-0.25, -0.2) is 13.1 Å². The van der Waals surface area contributed by atoms with E-state index < -0.39 is 10.0 Å². The summed E-state index contributed by atoms with van der Waals surface area (Å²) in [5.74, 6) is 0.165. The van der Waals surface area contributed by atoms with E-state index in [9.17, 15) is 8.42 Å². The van der Waals surface area contributed by atoms with Crippen molar-refractivity contribution in [1.82, 2.24) is 10.0 Å². The number of methoxy groups -OCH3 is 1. The molecule has 0 aromatic carbocycles. The molecule has 0 radical (unpaired) electrons. The molecule has 8 nitrogen and oxygen atoms in total. The van der Waals surface area contributed by atoms with Crippen LogP contribution in [0.5, 0.6) is 0 Å². The molecule has 1 fully saturated rings. The topological polar surface area (TPSA) is 115 Å². The molecule has 9 heteroatoms. The van der Waals surface area contributed by atoms with Crippen LogP contribution >= 0.6 is 0 Å². The smallest absolute Gasteiger partial charge is 0.213 e. The van der Waals surface area contributed by atoms with Gasteiger partial charge in [-0.1, -0.05) is 0 Å². The van der Waals surface area contributed by atoms with Gasteiger partial charge in [0.2, 0.25) is 10.0 Å². The Bertz CT molecular complexity index is 407. The molecule has 1 heterocycles. The second-order valence-electron chi connectivity index (χ2n) is 4.84. The molecule has 1 atom stereocenters. The van der Waals surface area contributed by atoms with Crippen LogP contribution in [0, 0.1) is 0 Å². The van der Waals surface area contributed by atoms with Gasteiger partial charge < -0.3 is 20.5 Å². The van der Waals surface area contributed by atoms with E-state index >= 15 is 0 Å². The third-order valence-corrected chi connectivity index (χ3v) is 4.41. The van der Waals surface area contributed by atoms with Gasteiger partial charge in [0.1, 0.15) is 0 Å². The predicted octanol–water partition coefficient (Wildman–Crippen LogP) is -0.974. The fraction of sp³-hybridized carbons (Fsp3) is 0.917. The van der Waals surface area contributed by atoms with Crippen LogP contribution in [0.4, 0.5) is 0 Å². The molecule has 0 saturated carbocycles. The minimum absolute atomic E-state index is 0.0119. The predicted molar refractivity (Wildman–Crippen MR) is 81.7 cm³/mol. The summed E-state index contributed by atoms with van der Waals surface area (Å²) in [6, 6.07) is 0. The quantitative estimate of drug-likeness (QED) is 0.286. The molecule has 21 heavy (non-hydrogen) atoms. The number of nitrogens with zero attached hydrogens (tertiary/aromatic N) is 1. The summed E-state index contributed by atoms with van der Waals surface area (Å²) in [6.45, 7) is 2.17. The first-order valence-electron chi connectivity index (χ1n) is 7.15. The summed E-state index contributed by atoms with van der Waals surface area (Å²) in [5.41, 5.74) is 5.58. The van der Waals surface area contributed by atoms with Gasteiger partial charge in [-0.15, -0.1) is 0 Å². The normalized spacial score (nSPS) is 20.4. The van der Waals surface area contributed by atoms with Gasteiger partial charge >= 0.3 is 0 Å². The second kappa shape index (κ2) is 9.93. The van der Waals surface area contributed by atoms with E-state index in [4.69, 9.17) is 15.2 Å². The Balaban J connectivity index is 2.18. The number of guanidine groups is 1. The minimum Gasteiger partial charge on any atom is -0.383 e. The van der Waals surface area contributed by atoms with Crippen molar-refractivity contribution in [3.63, 3.8) is 0 Å². The molecule has 0 aromatic rings. The molecular formula is C12H26N4O4S. The van der Waals surface area contributed by atoms with Crippen molar-refractivity contribution < 1.29 is 17.9 Å². The van der Waals surface area contributed by atoms with Crippen LogP contribution < -0.4 is 15.8 Å². The molecular weight excluding hydrogens is 296 g/mol. The van der Waals surface area contributed by atoms with Crippen molar-refractivity contribution in [2.24, 2.45) is 10.7 Å². The van der Waals surface area contributed by atoms with E-state index in [1.54, 1.807) is 7.11 Å². The Hall–Kier alpha value is -0.900. The van der Waals surface area contributed by atoms with Crippen LogP contribution in [-0.4, -0.2) is 66.2 Å². The average molecular weight is 322 g/mol. The lowest BCUT2D eigenvalue weighted by Crippen LogP contribution is -2.41. The first kappa shape index (κ1) is 18.1. The number of aliphatic imine (C=N–C) groups is 1. The monoisotopic (exact) mass is 322 g/mol. The standard InChI is InChI=1S/C12H26N4O4S/c1-19-8-5-14-12(13)15-6-9-21(17,18)16-10-11-4-2-3-7-20-11/h11,16H,2-10H2,1H3,(H3,13,14,15). The molecule has 1 saturated heterocycles. The number of rotatable bonds is 9. The zero-order chi connectivity index (χ0) is 15.6. The molecule has 0 aliphatic carbocycles. The first-order valence-corrected chi connectivity index (χ1v) is 8.80. The lowest BCUT2D eigenvalue weighted by Gasteiger charge is -2.22. The van der Waals surface area contributed by atoms with Gasteiger partial charge in [-0.2, -0.15) is 0 Å². The highest BCUT2D eigenvalue weighted by atomic mass is 32.2. The molecule has 0 spiro atoms. The molecule has 4 N–H and O–H groups in total. The summed E-state index contributed by atoms with van der Waals surface area (Å²) in [7, 11) is -1.75. The van der Waals surface area contributed by atoms with Crippen molar-refractivity contribution in [2.45, 2.75) is 25.4 Å². The van der Waals surface area contributed by atoms with Crippen molar-refractivity contribution in [3.05, 3.63) is 0 Å². The Morgan fingerprint density at radius 1 is 1.48 bits per heavy atom. The van der Waals surface area contributed by atoms with E-state index in [0.29, 0.717) is 26.3 Å². The molecule has 1 unspecified atom stereocenters.